The SMILES string of the molecule is O=C(c1ccco1)N1C[C@@H](OCc2ccncc2)[C@@H]2OCCC[C@@H]21. The minimum atomic E-state index is -0.123. The summed E-state index contributed by atoms with van der Waals surface area (Å²) in [5, 5.41) is 0. The zero-order valence-electron chi connectivity index (χ0n) is 13.3. The van der Waals surface area contributed by atoms with Crippen molar-refractivity contribution in [2.75, 3.05) is 13.2 Å². The number of furan rings is 1. The first kappa shape index (κ1) is 15.4. The van der Waals surface area contributed by atoms with Gasteiger partial charge in [0, 0.05) is 19.0 Å². The maximum Gasteiger partial charge on any atom is 0.289 e. The molecule has 2 aromatic rings. The third kappa shape index (κ3) is 2.95. The summed E-state index contributed by atoms with van der Waals surface area (Å²) in [5.41, 5.74) is 1.06. The molecule has 126 valence electrons. The van der Waals surface area contributed by atoms with Crippen molar-refractivity contribution in [3.63, 3.8) is 0 Å². The number of amides is 1. The maximum atomic E-state index is 12.7. The number of ether oxygens (including phenoxy) is 2. The molecule has 2 aromatic heterocycles. The third-order valence-corrected chi connectivity index (χ3v) is 4.68. The van der Waals surface area contributed by atoms with E-state index < -0.39 is 0 Å². The molecule has 0 saturated carbocycles. The predicted molar refractivity (Wildman–Crippen MR) is 85.3 cm³/mol. The fourth-order valence-corrected chi connectivity index (χ4v) is 3.51. The zero-order chi connectivity index (χ0) is 16.4. The molecule has 4 heterocycles. The van der Waals surface area contributed by atoms with Gasteiger partial charge in [-0.05, 0) is 42.7 Å². The number of aromatic nitrogens is 1. The minimum Gasteiger partial charge on any atom is -0.459 e. The van der Waals surface area contributed by atoms with Gasteiger partial charge >= 0.3 is 0 Å². The van der Waals surface area contributed by atoms with Crippen LogP contribution in [0.5, 0.6) is 0 Å². The van der Waals surface area contributed by atoms with Gasteiger partial charge in [-0.3, -0.25) is 9.78 Å². The normalized spacial score (nSPS) is 26.3. The number of nitrogens with zero attached hydrogens (tertiary/aromatic N) is 2. The monoisotopic (exact) mass is 328 g/mol. The van der Waals surface area contributed by atoms with Gasteiger partial charge < -0.3 is 18.8 Å². The van der Waals surface area contributed by atoms with Gasteiger partial charge in [-0.1, -0.05) is 0 Å². The Bertz CT molecular complexity index is 674. The molecule has 24 heavy (non-hydrogen) atoms. The second-order valence-electron chi connectivity index (χ2n) is 6.18. The average Bonchev–Trinajstić information content (AvgIpc) is 3.29. The summed E-state index contributed by atoms with van der Waals surface area (Å²) in [5.74, 6) is 0.282. The number of carbonyl (C=O) groups excluding carboxylic acids is 1. The zero-order valence-corrected chi connectivity index (χ0v) is 13.3. The summed E-state index contributed by atoms with van der Waals surface area (Å²) >= 11 is 0. The van der Waals surface area contributed by atoms with Crippen LogP contribution in [0, 0.1) is 0 Å². The molecule has 6 nitrogen and oxygen atoms in total. The molecule has 0 radical (unpaired) electrons. The number of rotatable bonds is 4. The molecule has 0 unspecified atom stereocenters. The van der Waals surface area contributed by atoms with Crippen molar-refractivity contribution >= 4 is 5.91 Å². The second-order valence-corrected chi connectivity index (χ2v) is 6.18. The van der Waals surface area contributed by atoms with Crippen LogP contribution in [-0.2, 0) is 16.1 Å². The van der Waals surface area contributed by atoms with Crippen molar-refractivity contribution in [3.05, 3.63) is 54.2 Å². The van der Waals surface area contributed by atoms with Crippen LogP contribution in [0.3, 0.4) is 0 Å². The molecule has 2 saturated heterocycles. The largest absolute Gasteiger partial charge is 0.459 e. The minimum absolute atomic E-state index is 0.0544. The van der Waals surface area contributed by atoms with E-state index in [1.54, 1.807) is 24.5 Å². The molecule has 0 spiro atoms. The van der Waals surface area contributed by atoms with Crippen molar-refractivity contribution in [2.24, 2.45) is 0 Å². The Balaban J connectivity index is 1.48. The number of carbonyl (C=O) groups is 1. The Kier molecular flexibility index (Phi) is 4.32. The first-order chi connectivity index (χ1) is 11.8. The molecule has 2 aliphatic rings. The second kappa shape index (κ2) is 6.75. The molecule has 3 atom stereocenters. The smallest absolute Gasteiger partial charge is 0.289 e. The quantitative estimate of drug-likeness (QED) is 0.861. The molecule has 2 fully saturated rings. The van der Waals surface area contributed by atoms with Crippen LogP contribution in [0.2, 0.25) is 0 Å². The number of fused-ring (bicyclic) bond motifs is 1. The van der Waals surface area contributed by atoms with Gasteiger partial charge in [0.1, 0.15) is 12.2 Å². The van der Waals surface area contributed by atoms with Crippen molar-refractivity contribution in [3.8, 4) is 0 Å². The Morgan fingerprint density at radius 1 is 1.33 bits per heavy atom. The van der Waals surface area contributed by atoms with Crippen molar-refractivity contribution < 1.29 is 18.7 Å². The molecule has 0 aliphatic carbocycles. The highest BCUT2D eigenvalue weighted by atomic mass is 16.5. The fourth-order valence-electron chi connectivity index (χ4n) is 3.51. The van der Waals surface area contributed by atoms with Crippen molar-refractivity contribution in [1.29, 1.82) is 0 Å². The van der Waals surface area contributed by atoms with E-state index in [4.69, 9.17) is 13.9 Å². The summed E-state index contributed by atoms with van der Waals surface area (Å²) in [6.45, 7) is 1.74. The molecule has 1 amide bonds. The Morgan fingerprint density at radius 3 is 3.00 bits per heavy atom. The van der Waals surface area contributed by atoms with E-state index >= 15 is 0 Å². The lowest BCUT2D eigenvalue weighted by atomic mass is 10.0. The summed E-state index contributed by atoms with van der Waals surface area (Å²) in [6, 6.07) is 7.35. The highest BCUT2D eigenvalue weighted by Gasteiger charge is 2.47. The highest BCUT2D eigenvalue weighted by Crippen LogP contribution is 2.32. The Hall–Kier alpha value is -2.18. The summed E-state index contributed by atoms with van der Waals surface area (Å²) < 4.78 is 17.3. The van der Waals surface area contributed by atoms with E-state index in [0.717, 1.165) is 25.0 Å². The van der Waals surface area contributed by atoms with E-state index in [0.29, 0.717) is 18.9 Å². The van der Waals surface area contributed by atoms with Crippen LogP contribution in [0.15, 0.2) is 47.3 Å². The van der Waals surface area contributed by atoms with Crippen LogP contribution in [0.1, 0.15) is 29.0 Å². The van der Waals surface area contributed by atoms with Crippen molar-refractivity contribution in [1.82, 2.24) is 9.88 Å². The van der Waals surface area contributed by atoms with Gasteiger partial charge in [-0.15, -0.1) is 0 Å². The van der Waals surface area contributed by atoms with E-state index in [2.05, 4.69) is 4.98 Å². The first-order valence-corrected chi connectivity index (χ1v) is 8.29. The van der Waals surface area contributed by atoms with Gasteiger partial charge in [0.15, 0.2) is 5.76 Å². The first-order valence-electron chi connectivity index (χ1n) is 8.29. The highest BCUT2D eigenvalue weighted by molar-refractivity contribution is 5.92. The summed E-state index contributed by atoms with van der Waals surface area (Å²) in [6.07, 6.45) is 6.73. The van der Waals surface area contributed by atoms with E-state index in [9.17, 15) is 4.79 Å². The van der Waals surface area contributed by atoms with Crippen LogP contribution in [0.25, 0.3) is 0 Å². The standard InChI is InChI=1S/C18H20N2O4/c21-18(15-4-2-9-22-15)20-11-16(17-14(20)3-1-10-23-17)24-12-13-5-7-19-8-6-13/h2,4-9,14,16-17H,1,3,10-12H2/t14-,16+,17+/m0/s1. The predicted octanol–water partition coefficient (Wildman–Crippen LogP) is 2.26. The molecule has 6 heteroatoms. The van der Waals surface area contributed by atoms with Gasteiger partial charge in [-0.2, -0.15) is 0 Å². The van der Waals surface area contributed by atoms with Crippen molar-refractivity contribution in [2.45, 2.75) is 37.7 Å². The fraction of sp³-hybridized carbons (Fsp3) is 0.444. The average molecular weight is 328 g/mol. The van der Waals surface area contributed by atoms with E-state index in [1.165, 1.54) is 6.26 Å². The topological polar surface area (TPSA) is 64.8 Å². The summed E-state index contributed by atoms with van der Waals surface area (Å²) in [4.78, 5) is 18.6. The van der Waals surface area contributed by atoms with Gasteiger partial charge in [0.05, 0.1) is 25.5 Å². The lowest BCUT2D eigenvalue weighted by Crippen LogP contribution is -2.43. The number of pyridine rings is 1. The molecule has 4 rings (SSSR count). The number of hydrogen-bond donors (Lipinski definition) is 0. The van der Waals surface area contributed by atoms with Gasteiger partial charge in [-0.25, -0.2) is 0 Å². The van der Waals surface area contributed by atoms with Crippen LogP contribution in [0.4, 0.5) is 0 Å². The lowest BCUT2D eigenvalue weighted by molar-refractivity contribution is -0.0810. The molecule has 0 bridgehead atoms. The molecular formula is C18H20N2O4. The molecule has 2 aliphatic heterocycles. The third-order valence-electron chi connectivity index (χ3n) is 4.68. The van der Waals surface area contributed by atoms with Crippen LogP contribution >= 0.6 is 0 Å². The number of likely N-dealkylation sites (tertiary alicyclic amines) is 1. The number of hydrogen-bond acceptors (Lipinski definition) is 5. The lowest BCUT2D eigenvalue weighted by Gasteiger charge is -2.31. The summed E-state index contributed by atoms with van der Waals surface area (Å²) in [7, 11) is 0. The van der Waals surface area contributed by atoms with Crippen LogP contribution < -0.4 is 0 Å². The van der Waals surface area contributed by atoms with Gasteiger partial charge in [0.25, 0.3) is 5.91 Å². The van der Waals surface area contributed by atoms with E-state index in [-0.39, 0.29) is 24.2 Å². The van der Waals surface area contributed by atoms with Crippen LogP contribution in [-0.4, -0.2) is 47.2 Å². The van der Waals surface area contributed by atoms with Gasteiger partial charge in [0.2, 0.25) is 0 Å². The Morgan fingerprint density at radius 2 is 2.21 bits per heavy atom. The molecule has 0 N–H and O–H groups in total. The molecular weight excluding hydrogens is 308 g/mol. The Labute approximate surface area is 140 Å². The molecule has 0 aromatic carbocycles. The maximum absolute atomic E-state index is 12.7. The van der Waals surface area contributed by atoms with E-state index in [1.807, 2.05) is 17.0 Å².